The number of aromatic nitrogens is 1. The van der Waals surface area contributed by atoms with E-state index in [1.807, 2.05) is 35.2 Å². The molecule has 0 bridgehead atoms. The number of rotatable bonds is 6. The van der Waals surface area contributed by atoms with Gasteiger partial charge >= 0.3 is 6.03 Å². The summed E-state index contributed by atoms with van der Waals surface area (Å²) >= 11 is 6.09. The molecular formula is C23H25ClN4O2. The van der Waals surface area contributed by atoms with Gasteiger partial charge in [0, 0.05) is 47.7 Å². The van der Waals surface area contributed by atoms with Crippen LogP contribution in [0.4, 0.5) is 4.79 Å². The zero-order chi connectivity index (χ0) is 20.9. The highest BCUT2D eigenvalue weighted by Crippen LogP contribution is 2.27. The van der Waals surface area contributed by atoms with Gasteiger partial charge in [0.2, 0.25) is 5.91 Å². The van der Waals surface area contributed by atoms with E-state index >= 15 is 0 Å². The standard InChI is InChI=1S/C23H25ClN4O2/c24-19-8-3-1-6-16(19)14-26-22(29)10-5-12-25-23(30)28-13-11-18-17-7-2-4-9-20(17)27-21(18)15-28/h1-4,6-9,27H,5,10-15H2,(H,25,30)(H,26,29). The molecule has 7 heteroatoms. The molecule has 0 fully saturated rings. The summed E-state index contributed by atoms with van der Waals surface area (Å²) in [7, 11) is 0. The number of H-pyrrole nitrogens is 1. The summed E-state index contributed by atoms with van der Waals surface area (Å²) in [5.74, 6) is -0.0511. The highest BCUT2D eigenvalue weighted by atomic mass is 35.5. The minimum Gasteiger partial charge on any atom is -0.357 e. The van der Waals surface area contributed by atoms with Gasteiger partial charge in [-0.25, -0.2) is 4.79 Å². The van der Waals surface area contributed by atoms with Gasteiger partial charge in [0.25, 0.3) is 0 Å². The Balaban J connectivity index is 1.19. The van der Waals surface area contributed by atoms with E-state index in [2.05, 4.69) is 27.8 Å². The van der Waals surface area contributed by atoms with E-state index in [0.717, 1.165) is 23.2 Å². The van der Waals surface area contributed by atoms with Crippen LogP contribution in [0.1, 0.15) is 29.7 Å². The van der Waals surface area contributed by atoms with Crippen LogP contribution in [0, 0.1) is 0 Å². The second kappa shape index (κ2) is 9.22. The average Bonchev–Trinajstić information content (AvgIpc) is 3.14. The molecule has 0 saturated heterocycles. The van der Waals surface area contributed by atoms with Crippen LogP contribution < -0.4 is 10.6 Å². The molecule has 0 spiro atoms. The van der Waals surface area contributed by atoms with Crippen molar-refractivity contribution < 1.29 is 9.59 Å². The molecule has 30 heavy (non-hydrogen) atoms. The Morgan fingerprint density at radius 3 is 2.73 bits per heavy atom. The summed E-state index contributed by atoms with van der Waals surface area (Å²) in [6.45, 7) is 2.15. The molecule has 0 radical (unpaired) electrons. The lowest BCUT2D eigenvalue weighted by molar-refractivity contribution is -0.121. The number of hydrogen-bond donors (Lipinski definition) is 3. The van der Waals surface area contributed by atoms with Crippen molar-refractivity contribution in [2.45, 2.75) is 32.4 Å². The third-order valence-corrected chi connectivity index (χ3v) is 5.83. The monoisotopic (exact) mass is 424 g/mol. The SMILES string of the molecule is O=C(CCCNC(=O)N1CCc2c([nH]c3ccccc23)C1)NCc1ccccc1Cl. The highest BCUT2D eigenvalue weighted by Gasteiger charge is 2.23. The third-order valence-electron chi connectivity index (χ3n) is 5.46. The van der Waals surface area contributed by atoms with Crippen LogP contribution in [0.5, 0.6) is 0 Å². The van der Waals surface area contributed by atoms with Crippen molar-refractivity contribution in [3.8, 4) is 0 Å². The maximum absolute atomic E-state index is 12.5. The van der Waals surface area contributed by atoms with Crippen molar-refractivity contribution in [1.82, 2.24) is 20.5 Å². The van der Waals surface area contributed by atoms with Gasteiger partial charge in [-0.05, 0) is 36.1 Å². The van der Waals surface area contributed by atoms with Crippen molar-refractivity contribution in [3.05, 3.63) is 70.4 Å². The number of carbonyl (C=O) groups excluding carboxylic acids is 2. The first kappa shape index (κ1) is 20.3. The number of urea groups is 1. The Bertz CT molecular complexity index is 1060. The van der Waals surface area contributed by atoms with Gasteiger partial charge in [0.1, 0.15) is 0 Å². The van der Waals surface area contributed by atoms with Crippen LogP contribution in [0.15, 0.2) is 48.5 Å². The molecule has 1 aromatic heterocycles. The maximum atomic E-state index is 12.5. The molecular weight excluding hydrogens is 400 g/mol. The molecule has 0 saturated carbocycles. The van der Waals surface area contributed by atoms with Gasteiger partial charge in [-0.1, -0.05) is 48.0 Å². The molecule has 1 aliphatic heterocycles. The number of hydrogen-bond acceptors (Lipinski definition) is 2. The van der Waals surface area contributed by atoms with Crippen LogP contribution in [-0.2, 0) is 24.3 Å². The molecule has 3 N–H and O–H groups in total. The topological polar surface area (TPSA) is 77.2 Å². The number of carbonyl (C=O) groups is 2. The lowest BCUT2D eigenvalue weighted by Gasteiger charge is -2.27. The fourth-order valence-corrected chi connectivity index (χ4v) is 4.05. The van der Waals surface area contributed by atoms with Crippen molar-refractivity contribution in [2.75, 3.05) is 13.1 Å². The Morgan fingerprint density at radius 1 is 1.07 bits per heavy atom. The van der Waals surface area contributed by atoms with Gasteiger partial charge in [-0.3, -0.25) is 4.79 Å². The number of benzene rings is 2. The molecule has 156 valence electrons. The summed E-state index contributed by atoms with van der Waals surface area (Å²) in [5.41, 5.74) is 4.43. The van der Waals surface area contributed by atoms with Gasteiger partial charge in [0.15, 0.2) is 0 Å². The van der Waals surface area contributed by atoms with Crippen molar-refractivity contribution >= 4 is 34.4 Å². The Labute approximate surface area is 180 Å². The zero-order valence-corrected chi connectivity index (χ0v) is 17.5. The molecule has 0 unspecified atom stereocenters. The lowest BCUT2D eigenvalue weighted by atomic mass is 10.0. The molecule has 6 nitrogen and oxygen atoms in total. The fraction of sp³-hybridized carbons (Fsp3) is 0.304. The number of nitrogens with zero attached hydrogens (tertiary/aromatic N) is 1. The second-order valence-electron chi connectivity index (χ2n) is 7.50. The number of nitrogens with one attached hydrogen (secondary N) is 3. The molecule has 3 amide bonds. The smallest absolute Gasteiger partial charge is 0.317 e. The second-order valence-corrected chi connectivity index (χ2v) is 7.91. The first-order chi connectivity index (χ1) is 14.6. The van der Waals surface area contributed by atoms with Crippen LogP contribution in [0.2, 0.25) is 5.02 Å². The van der Waals surface area contributed by atoms with Gasteiger partial charge in [-0.2, -0.15) is 0 Å². The van der Waals surface area contributed by atoms with E-state index in [0.29, 0.717) is 44.0 Å². The molecule has 4 rings (SSSR count). The number of amides is 3. The summed E-state index contributed by atoms with van der Waals surface area (Å²) in [4.78, 5) is 29.8. The minimum atomic E-state index is -0.0872. The molecule has 3 aromatic rings. The van der Waals surface area contributed by atoms with Crippen LogP contribution in [0.25, 0.3) is 10.9 Å². The van der Waals surface area contributed by atoms with Crippen LogP contribution >= 0.6 is 11.6 Å². The summed E-state index contributed by atoms with van der Waals surface area (Å²) in [6, 6.07) is 15.6. The van der Waals surface area contributed by atoms with Crippen LogP contribution in [0.3, 0.4) is 0 Å². The number of halogens is 1. The third kappa shape index (κ3) is 4.60. The quantitative estimate of drug-likeness (QED) is 0.523. The largest absolute Gasteiger partial charge is 0.357 e. The maximum Gasteiger partial charge on any atom is 0.317 e. The summed E-state index contributed by atoms with van der Waals surface area (Å²) in [5, 5.41) is 7.68. The molecule has 2 heterocycles. The van der Waals surface area contributed by atoms with Gasteiger partial charge in [0.05, 0.1) is 6.54 Å². The Morgan fingerprint density at radius 2 is 1.87 bits per heavy atom. The number of aromatic amines is 1. The lowest BCUT2D eigenvalue weighted by Crippen LogP contribution is -2.43. The predicted octanol–water partition coefficient (Wildman–Crippen LogP) is 3.99. The van der Waals surface area contributed by atoms with Gasteiger partial charge < -0.3 is 20.5 Å². The van der Waals surface area contributed by atoms with E-state index in [9.17, 15) is 9.59 Å². The van der Waals surface area contributed by atoms with E-state index in [1.54, 1.807) is 6.07 Å². The average molecular weight is 425 g/mol. The Kier molecular flexibility index (Phi) is 6.23. The zero-order valence-electron chi connectivity index (χ0n) is 16.7. The number of fused-ring (bicyclic) bond motifs is 3. The highest BCUT2D eigenvalue weighted by molar-refractivity contribution is 6.31. The Hall–Kier alpha value is -2.99. The van der Waals surface area contributed by atoms with E-state index < -0.39 is 0 Å². The number of para-hydroxylation sites is 1. The van der Waals surface area contributed by atoms with Crippen molar-refractivity contribution in [1.29, 1.82) is 0 Å². The van der Waals surface area contributed by atoms with E-state index in [4.69, 9.17) is 11.6 Å². The first-order valence-electron chi connectivity index (χ1n) is 10.2. The molecule has 0 aliphatic carbocycles. The summed E-state index contributed by atoms with van der Waals surface area (Å²) in [6.07, 6.45) is 1.79. The van der Waals surface area contributed by atoms with E-state index in [1.165, 1.54) is 10.9 Å². The van der Waals surface area contributed by atoms with Crippen molar-refractivity contribution in [2.24, 2.45) is 0 Å². The van der Waals surface area contributed by atoms with Gasteiger partial charge in [-0.15, -0.1) is 0 Å². The molecule has 0 atom stereocenters. The predicted molar refractivity (Wildman–Crippen MR) is 118 cm³/mol. The van der Waals surface area contributed by atoms with Crippen molar-refractivity contribution in [3.63, 3.8) is 0 Å². The van der Waals surface area contributed by atoms with E-state index in [-0.39, 0.29) is 11.9 Å². The fourth-order valence-electron chi connectivity index (χ4n) is 3.85. The molecule has 2 aromatic carbocycles. The first-order valence-corrected chi connectivity index (χ1v) is 10.6. The molecule has 1 aliphatic rings. The normalized spacial score (nSPS) is 13.2. The van der Waals surface area contributed by atoms with Crippen LogP contribution in [-0.4, -0.2) is 34.9 Å². The summed E-state index contributed by atoms with van der Waals surface area (Å²) < 4.78 is 0. The minimum absolute atomic E-state index is 0.0511.